The number of sulfone groups is 1. The Morgan fingerprint density at radius 1 is 1.41 bits per heavy atom. The van der Waals surface area contributed by atoms with E-state index >= 15 is 0 Å². The summed E-state index contributed by atoms with van der Waals surface area (Å²) in [5.74, 6) is -0.490. The molecule has 0 fully saturated rings. The van der Waals surface area contributed by atoms with E-state index in [4.69, 9.17) is 0 Å². The van der Waals surface area contributed by atoms with Gasteiger partial charge in [0.1, 0.15) is 5.82 Å². The summed E-state index contributed by atoms with van der Waals surface area (Å²) in [5.41, 5.74) is 0. The van der Waals surface area contributed by atoms with Crippen LogP contribution in [0.1, 0.15) is 20.3 Å². The molecule has 17 heavy (non-hydrogen) atoms. The summed E-state index contributed by atoms with van der Waals surface area (Å²) >= 11 is 0. The Labute approximate surface area is 102 Å². The van der Waals surface area contributed by atoms with Crippen LogP contribution < -0.4 is 5.32 Å². The Morgan fingerprint density at radius 2 is 2.12 bits per heavy atom. The molecular weight excluding hydrogens is 241 g/mol. The van der Waals surface area contributed by atoms with Gasteiger partial charge in [0.15, 0.2) is 9.84 Å². The van der Waals surface area contributed by atoms with Crippen LogP contribution in [-0.4, -0.2) is 26.8 Å². The van der Waals surface area contributed by atoms with Crippen LogP contribution >= 0.6 is 0 Å². The molecule has 0 aliphatic carbocycles. The standard InChI is InChI=1S/C12H18FNO2S/c1-3-14-10(2)7-8-17(15,16)12-6-4-5-11(13)9-12/h4-6,9-10,14H,3,7-8H2,1-2H3. The summed E-state index contributed by atoms with van der Waals surface area (Å²) in [5, 5.41) is 3.14. The molecule has 0 aromatic heterocycles. The topological polar surface area (TPSA) is 46.2 Å². The number of nitrogens with one attached hydrogen (secondary N) is 1. The van der Waals surface area contributed by atoms with Crippen molar-refractivity contribution in [2.75, 3.05) is 12.3 Å². The maximum absolute atomic E-state index is 12.9. The maximum Gasteiger partial charge on any atom is 0.178 e. The van der Waals surface area contributed by atoms with Crippen molar-refractivity contribution < 1.29 is 12.8 Å². The monoisotopic (exact) mass is 259 g/mol. The second-order valence-electron chi connectivity index (χ2n) is 4.02. The molecule has 0 amide bonds. The van der Waals surface area contributed by atoms with E-state index in [0.717, 1.165) is 12.6 Å². The zero-order valence-corrected chi connectivity index (χ0v) is 10.9. The molecule has 0 saturated heterocycles. The lowest BCUT2D eigenvalue weighted by Crippen LogP contribution is -2.27. The fourth-order valence-corrected chi connectivity index (χ4v) is 3.04. The summed E-state index contributed by atoms with van der Waals surface area (Å²) in [6.07, 6.45) is 0.521. The van der Waals surface area contributed by atoms with Crippen molar-refractivity contribution in [1.29, 1.82) is 0 Å². The largest absolute Gasteiger partial charge is 0.314 e. The van der Waals surface area contributed by atoms with E-state index in [2.05, 4.69) is 5.32 Å². The van der Waals surface area contributed by atoms with Crippen LogP contribution in [0.5, 0.6) is 0 Å². The number of halogens is 1. The molecule has 1 aromatic rings. The molecule has 0 radical (unpaired) electrons. The molecule has 0 aliphatic heterocycles. The van der Waals surface area contributed by atoms with Crippen LogP contribution in [0.2, 0.25) is 0 Å². The minimum Gasteiger partial charge on any atom is -0.314 e. The first kappa shape index (κ1) is 14.1. The fraction of sp³-hybridized carbons (Fsp3) is 0.500. The van der Waals surface area contributed by atoms with Crippen molar-refractivity contribution in [3.8, 4) is 0 Å². The molecule has 0 aliphatic rings. The summed E-state index contributed by atoms with van der Waals surface area (Å²) in [6, 6.07) is 5.28. The number of hydrogen-bond acceptors (Lipinski definition) is 3. The van der Waals surface area contributed by atoms with E-state index in [9.17, 15) is 12.8 Å². The Balaban J connectivity index is 2.69. The van der Waals surface area contributed by atoms with Gasteiger partial charge in [0.25, 0.3) is 0 Å². The molecule has 0 heterocycles. The maximum atomic E-state index is 12.9. The van der Waals surface area contributed by atoms with E-state index in [1.54, 1.807) is 0 Å². The predicted octanol–water partition coefficient (Wildman–Crippen LogP) is 1.99. The van der Waals surface area contributed by atoms with Gasteiger partial charge in [-0.2, -0.15) is 0 Å². The van der Waals surface area contributed by atoms with E-state index in [1.807, 2.05) is 13.8 Å². The van der Waals surface area contributed by atoms with Crippen molar-refractivity contribution >= 4 is 9.84 Å². The molecule has 0 bridgehead atoms. The Kier molecular flexibility index (Phi) is 5.08. The van der Waals surface area contributed by atoms with Crippen molar-refractivity contribution in [3.63, 3.8) is 0 Å². The van der Waals surface area contributed by atoms with Gasteiger partial charge in [0, 0.05) is 6.04 Å². The van der Waals surface area contributed by atoms with Gasteiger partial charge in [-0.3, -0.25) is 0 Å². The number of rotatable bonds is 6. The Hall–Kier alpha value is -0.940. The number of hydrogen-bond donors (Lipinski definition) is 1. The summed E-state index contributed by atoms with van der Waals surface area (Å²) in [6.45, 7) is 4.71. The average Bonchev–Trinajstić information content (AvgIpc) is 2.27. The highest BCUT2D eigenvalue weighted by Gasteiger charge is 2.16. The first-order valence-electron chi connectivity index (χ1n) is 5.67. The number of benzene rings is 1. The second-order valence-corrected chi connectivity index (χ2v) is 6.13. The van der Waals surface area contributed by atoms with Gasteiger partial charge in [-0.1, -0.05) is 13.0 Å². The quantitative estimate of drug-likeness (QED) is 0.850. The van der Waals surface area contributed by atoms with Crippen molar-refractivity contribution in [3.05, 3.63) is 30.1 Å². The lowest BCUT2D eigenvalue weighted by atomic mass is 10.3. The first-order chi connectivity index (χ1) is 7.95. The zero-order valence-electron chi connectivity index (χ0n) is 10.1. The van der Waals surface area contributed by atoms with Gasteiger partial charge in [-0.15, -0.1) is 0 Å². The molecule has 1 unspecified atom stereocenters. The highest BCUT2D eigenvalue weighted by Crippen LogP contribution is 2.14. The van der Waals surface area contributed by atoms with Gasteiger partial charge < -0.3 is 5.32 Å². The minimum absolute atomic E-state index is 0.0324. The third-order valence-corrected chi connectivity index (χ3v) is 4.27. The Morgan fingerprint density at radius 3 is 2.71 bits per heavy atom. The average molecular weight is 259 g/mol. The summed E-state index contributed by atoms with van der Waals surface area (Å²) < 4.78 is 36.7. The SMILES string of the molecule is CCNC(C)CCS(=O)(=O)c1cccc(F)c1. The van der Waals surface area contributed by atoms with Crippen LogP contribution in [0.25, 0.3) is 0 Å². The molecular formula is C12H18FNO2S. The van der Waals surface area contributed by atoms with E-state index in [0.29, 0.717) is 6.42 Å². The molecule has 96 valence electrons. The van der Waals surface area contributed by atoms with Crippen molar-refractivity contribution in [2.45, 2.75) is 31.2 Å². The van der Waals surface area contributed by atoms with Crippen molar-refractivity contribution in [1.82, 2.24) is 5.32 Å². The molecule has 1 rings (SSSR count). The first-order valence-corrected chi connectivity index (χ1v) is 7.32. The van der Waals surface area contributed by atoms with E-state index in [1.165, 1.54) is 18.2 Å². The van der Waals surface area contributed by atoms with E-state index < -0.39 is 15.7 Å². The smallest absolute Gasteiger partial charge is 0.178 e. The van der Waals surface area contributed by atoms with Gasteiger partial charge in [0.2, 0.25) is 0 Å². The third kappa shape index (κ3) is 4.44. The molecule has 1 aromatic carbocycles. The van der Waals surface area contributed by atoms with Gasteiger partial charge in [-0.25, -0.2) is 12.8 Å². The van der Waals surface area contributed by atoms with Gasteiger partial charge in [-0.05, 0) is 38.1 Å². The molecule has 1 N–H and O–H groups in total. The molecule has 0 spiro atoms. The van der Waals surface area contributed by atoms with Crippen molar-refractivity contribution in [2.24, 2.45) is 0 Å². The molecule has 0 saturated carbocycles. The summed E-state index contributed by atoms with van der Waals surface area (Å²) in [7, 11) is -3.38. The Bertz CT molecular complexity index is 459. The van der Waals surface area contributed by atoms with Gasteiger partial charge >= 0.3 is 0 Å². The lowest BCUT2D eigenvalue weighted by Gasteiger charge is -2.12. The normalized spacial score (nSPS) is 13.6. The molecule has 3 nitrogen and oxygen atoms in total. The van der Waals surface area contributed by atoms with E-state index in [-0.39, 0.29) is 16.7 Å². The predicted molar refractivity (Wildman–Crippen MR) is 66.2 cm³/mol. The van der Waals surface area contributed by atoms with Crippen LogP contribution in [0.3, 0.4) is 0 Å². The van der Waals surface area contributed by atoms with Crippen LogP contribution in [0, 0.1) is 5.82 Å². The van der Waals surface area contributed by atoms with Crippen LogP contribution in [0.15, 0.2) is 29.2 Å². The van der Waals surface area contributed by atoms with Gasteiger partial charge in [0.05, 0.1) is 10.6 Å². The van der Waals surface area contributed by atoms with Crippen LogP contribution in [-0.2, 0) is 9.84 Å². The second kappa shape index (κ2) is 6.12. The zero-order chi connectivity index (χ0) is 12.9. The van der Waals surface area contributed by atoms with Crippen LogP contribution in [0.4, 0.5) is 4.39 Å². The lowest BCUT2D eigenvalue weighted by molar-refractivity contribution is 0.540. The highest BCUT2D eigenvalue weighted by molar-refractivity contribution is 7.91. The fourth-order valence-electron chi connectivity index (χ4n) is 1.56. The molecule has 5 heteroatoms. The minimum atomic E-state index is -3.38. The molecule has 1 atom stereocenters. The third-order valence-electron chi connectivity index (χ3n) is 2.53. The highest BCUT2D eigenvalue weighted by atomic mass is 32.2. The summed E-state index contributed by atoms with van der Waals surface area (Å²) in [4.78, 5) is 0.0567.